The number of ether oxygens (including phenoxy) is 1. The van der Waals surface area contributed by atoms with E-state index < -0.39 is 6.10 Å². The van der Waals surface area contributed by atoms with E-state index in [-0.39, 0.29) is 5.91 Å². The van der Waals surface area contributed by atoms with Gasteiger partial charge in [0.05, 0.1) is 0 Å². The third-order valence-corrected chi connectivity index (χ3v) is 3.77. The summed E-state index contributed by atoms with van der Waals surface area (Å²) < 4.78 is 5.74. The molecule has 116 valence electrons. The van der Waals surface area contributed by atoms with Crippen LogP contribution < -0.4 is 10.1 Å². The van der Waals surface area contributed by atoms with Crippen LogP contribution in [0.25, 0.3) is 10.8 Å². The second kappa shape index (κ2) is 6.71. The molecule has 0 heterocycles. The fourth-order valence-corrected chi connectivity index (χ4v) is 2.40. The average molecular weight is 326 g/mol. The van der Waals surface area contributed by atoms with Crippen molar-refractivity contribution in [3.05, 3.63) is 71.8 Å². The van der Waals surface area contributed by atoms with Crippen LogP contribution in [0.2, 0.25) is 5.02 Å². The van der Waals surface area contributed by atoms with Crippen LogP contribution in [-0.2, 0) is 4.79 Å². The van der Waals surface area contributed by atoms with E-state index in [2.05, 4.69) is 5.32 Å². The van der Waals surface area contributed by atoms with Gasteiger partial charge >= 0.3 is 0 Å². The minimum atomic E-state index is -0.605. The van der Waals surface area contributed by atoms with Crippen molar-refractivity contribution in [1.82, 2.24) is 0 Å². The summed E-state index contributed by atoms with van der Waals surface area (Å²) in [5.41, 5.74) is 0.688. The fraction of sp³-hybridized carbons (Fsp3) is 0.105. The molecule has 3 rings (SSSR count). The summed E-state index contributed by atoms with van der Waals surface area (Å²) >= 11 is 5.83. The Morgan fingerprint density at radius 1 is 1.00 bits per heavy atom. The van der Waals surface area contributed by atoms with Crippen molar-refractivity contribution in [2.24, 2.45) is 0 Å². The minimum Gasteiger partial charge on any atom is -0.481 e. The Morgan fingerprint density at radius 3 is 2.43 bits per heavy atom. The van der Waals surface area contributed by atoms with Gasteiger partial charge in [-0.25, -0.2) is 0 Å². The molecule has 0 fully saturated rings. The molecule has 0 aliphatic rings. The van der Waals surface area contributed by atoms with Crippen LogP contribution in [0.1, 0.15) is 6.92 Å². The lowest BCUT2D eigenvalue weighted by Crippen LogP contribution is -2.30. The summed E-state index contributed by atoms with van der Waals surface area (Å²) in [5, 5.41) is 5.65. The van der Waals surface area contributed by atoms with Gasteiger partial charge in [0.25, 0.3) is 5.91 Å². The van der Waals surface area contributed by atoms with Crippen molar-refractivity contribution < 1.29 is 9.53 Å². The molecule has 0 aromatic heterocycles. The van der Waals surface area contributed by atoms with Gasteiger partial charge in [-0.15, -0.1) is 0 Å². The summed E-state index contributed by atoms with van der Waals surface area (Å²) in [6.45, 7) is 1.72. The van der Waals surface area contributed by atoms with Gasteiger partial charge in [0.1, 0.15) is 5.75 Å². The third-order valence-electron chi connectivity index (χ3n) is 3.51. The third kappa shape index (κ3) is 3.82. The van der Waals surface area contributed by atoms with E-state index in [0.29, 0.717) is 16.5 Å². The predicted octanol–water partition coefficient (Wildman–Crippen LogP) is 4.90. The molecule has 0 aliphatic carbocycles. The lowest BCUT2D eigenvalue weighted by molar-refractivity contribution is -0.122. The van der Waals surface area contributed by atoms with Crippen LogP contribution in [-0.4, -0.2) is 12.0 Å². The van der Waals surface area contributed by atoms with Gasteiger partial charge in [-0.1, -0.05) is 41.9 Å². The SMILES string of the molecule is C[C@@H](Oc1ccc2ccccc2c1)C(=O)Nc1ccc(Cl)cc1. The Morgan fingerprint density at radius 2 is 1.70 bits per heavy atom. The number of amides is 1. The highest BCUT2D eigenvalue weighted by Gasteiger charge is 2.15. The first-order valence-electron chi connectivity index (χ1n) is 7.34. The van der Waals surface area contributed by atoms with Gasteiger partial charge in [-0.2, -0.15) is 0 Å². The molecule has 1 amide bonds. The number of nitrogens with one attached hydrogen (secondary N) is 1. The Kier molecular flexibility index (Phi) is 4.49. The van der Waals surface area contributed by atoms with Crippen LogP contribution in [0.15, 0.2) is 66.7 Å². The molecule has 0 spiro atoms. The summed E-state index contributed by atoms with van der Waals surface area (Å²) in [6, 6.07) is 20.8. The molecule has 0 saturated heterocycles. The largest absolute Gasteiger partial charge is 0.481 e. The maximum absolute atomic E-state index is 12.2. The second-order valence-corrected chi connectivity index (χ2v) is 5.70. The van der Waals surface area contributed by atoms with Crippen LogP contribution in [0.5, 0.6) is 5.75 Å². The summed E-state index contributed by atoms with van der Waals surface area (Å²) in [5.74, 6) is 0.461. The number of fused-ring (bicyclic) bond motifs is 1. The molecular formula is C19H16ClNO2. The van der Waals surface area contributed by atoms with E-state index in [9.17, 15) is 4.79 Å². The van der Waals surface area contributed by atoms with Gasteiger partial charge in [0.15, 0.2) is 6.10 Å². The van der Waals surface area contributed by atoms with Crippen molar-refractivity contribution in [1.29, 1.82) is 0 Å². The van der Waals surface area contributed by atoms with Crippen LogP contribution in [0, 0.1) is 0 Å². The highest BCUT2D eigenvalue weighted by atomic mass is 35.5. The van der Waals surface area contributed by atoms with Gasteiger partial charge < -0.3 is 10.1 Å². The van der Waals surface area contributed by atoms with Crippen molar-refractivity contribution in [3.8, 4) is 5.75 Å². The number of carbonyl (C=O) groups is 1. The molecule has 3 nitrogen and oxygen atoms in total. The zero-order valence-electron chi connectivity index (χ0n) is 12.6. The Hall–Kier alpha value is -2.52. The number of benzene rings is 3. The second-order valence-electron chi connectivity index (χ2n) is 5.27. The highest BCUT2D eigenvalue weighted by Crippen LogP contribution is 2.22. The first-order valence-corrected chi connectivity index (χ1v) is 7.71. The standard InChI is InChI=1S/C19H16ClNO2/c1-13(19(22)21-17-9-7-16(20)8-10-17)23-18-11-6-14-4-2-3-5-15(14)12-18/h2-13H,1H3,(H,21,22)/t13-/m1/s1. The number of hydrogen-bond acceptors (Lipinski definition) is 2. The Balaban J connectivity index is 1.68. The molecule has 4 heteroatoms. The van der Waals surface area contributed by atoms with Gasteiger partial charge in [-0.05, 0) is 54.1 Å². The van der Waals surface area contributed by atoms with Crippen LogP contribution >= 0.6 is 11.6 Å². The zero-order chi connectivity index (χ0) is 16.2. The molecule has 0 unspecified atom stereocenters. The number of carbonyl (C=O) groups excluding carboxylic acids is 1. The smallest absolute Gasteiger partial charge is 0.265 e. The molecule has 1 atom stereocenters. The summed E-state index contributed by atoms with van der Waals surface area (Å²) in [6.07, 6.45) is -0.605. The predicted molar refractivity (Wildman–Crippen MR) is 94.1 cm³/mol. The van der Waals surface area contributed by atoms with Crippen molar-refractivity contribution in [3.63, 3.8) is 0 Å². The van der Waals surface area contributed by atoms with Gasteiger partial charge in [0.2, 0.25) is 0 Å². The molecule has 3 aromatic carbocycles. The van der Waals surface area contributed by atoms with Crippen molar-refractivity contribution in [2.75, 3.05) is 5.32 Å². The van der Waals surface area contributed by atoms with Crippen molar-refractivity contribution >= 4 is 34.0 Å². The number of hydrogen-bond donors (Lipinski definition) is 1. The molecule has 0 saturated carbocycles. The van der Waals surface area contributed by atoms with E-state index in [1.807, 2.05) is 42.5 Å². The minimum absolute atomic E-state index is 0.208. The molecule has 0 bridgehead atoms. The zero-order valence-corrected chi connectivity index (χ0v) is 13.4. The average Bonchev–Trinajstić information content (AvgIpc) is 2.56. The quantitative estimate of drug-likeness (QED) is 0.741. The Labute approximate surface area is 139 Å². The van der Waals surface area contributed by atoms with E-state index in [4.69, 9.17) is 16.3 Å². The molecule has 1 N–H and O–H groups in total. The molecule has 0 radical (unpaired) electrons. The molecular weight excluding hydrogens is 310 g/mol. The van der Waals surface area contributed by atoms with E-state index in [1.54, 1.807) is 31.2 Å². The lowest BCUT2D eigenvalue weighted by atomic mass is 10.1. The highest BCUT2D eigenvalue weighted by molar-refractivity contribution is 6.30. The van der Waals surface area contributed by atoms with Gasteiger partial charge in [-0.3, -0.25) is 4.79 Å². The van der Waals surface area contributed by atoms with E-state index >= 15 is 0 Å². The number of anilines is 1. The van der Waals surface area contributed by atoms with Crippen LogP contribution in [0.3, 0.4) is 0 Å². The van der Waals surface area contributed by atoms with E-state index in [1.165, 1.54) is 0 Å². The molecule has 23 heavy (non-hydrogen) atoms. The monoisotopic (exact) mass is 325 g/mol. The molecule has 0 aliphatic heterocycles. The number of halogens is 1. The molecule has 3 aromatic rings. The van der Waals surface area contributed by atoms with E-state index in [0.717, 1.165) is 10.8 Å². The maximum Gasteiger partial charge on any atom is 0.265 e. The van der Waals surface area contributed by atoms with Crippen molar-refractivity contribution in [2.45, 2.75) is 13.0 Å². The first-order chi connectivity index (χ1) is 11.1. The van der Waals surface area contributed by atoms with Gasteiger partial charge in [0, 0.05) is 10.7 Å². The summed E-state index contributed by atoms with van der Waals surface area (Å²) in [7, 11) is 0. The topological polar surface area (TPSA) is 38.3 Å². The van der Waals surface area contributed by atoms with Crippen LogP contribution in [0.4, 0.5) is 5.69 Å². The maximum atomic E-state index is 12.2. The first kappa shape index (κ1) is 15.4. The Bertz CT molecular complexity index is 830. The fourth-order valence-electron chi connectivity index (χ4n) is 2.28. The lowest BCUT2D eigenvalue weighted by Gasteiger charge is -2.15. The summed E-state index contributed by atoms with van der Waals surface area (Å²) in [4.78, 5) is 12.2. The normalized spacial score (nSPS) is 11.9. The number of rotatable bonds is 4.